The molecule has 5 nitrogen and oxygen atoms in total. The summed E-state index contributed by atoms with van der Waals surface area (Å²) in [5.74, 6) is -0.533. The standard InChI is InChI=1S/C14H20N2O3/c1-10(2)8-9-15-14(19)16(3)12-7-5-4-6-11(12)13(17)18/h4-7,10H,8-9H2,1-3H3,(H,15,19)(H,17,18). The maximum Gasteiger partial charge on any atom is 0.337 e. The number of benzene rings is 1. The van der Waals surface area contributed by atoms with Gasteiger partial charge in [0.1, 0.15) is 0 Å². The van der Waals surface area contributed by atoms with Crippen LogP contribution in [0.2, 0.25) is 0 Å². The van der Waals surface area contributed by atoms with Crippen LogP contribution < -0.4 is 10.2 Å². The van der Waals surface area contributed by atoms with Gasteiger partial charge in [-0.05, 0) is 24.5 Å². The fourth-order valence-corrected chi connectivity index (χ4v) is 1.64. The molecule has 5 heteroatoms. The minimum absolute atomic E-state index is 0.115. The third-order valence-corrected chi connectivity index (χ3v) is 2.80. The van der Waals surface area contributed by atoms with E-state index in [9.17, 15) is 9.59 Å². The van der Waals surface area contributed by atoms with Crippen LogP contribution in [0.25, 0.3) is 0 Å². The summed E-state index contributed by atoms with van der Waals surface area (Å²) < 4.78 is 0. The van der Waals surface area contributed by atoms with Crippen molar-refractivity contribution in [2.45, 2.75) is 20.3 Å². The van der Waals surface area contributed by atoms with Crippen LogP contribution in [0.1, 0.15) is 30.6 Å². The second-order valence-corrected chi connectivity index (χ2v) is 4.80. The van der Waals surface area contributed by atoms with E-state index >= 15 is 0 Å². The summed E-state index contributed by atoms with van der Waals surface area (Å²) in [7, 11) is 1.56. The molecule has 0 aliphatic carbocycles. The van der Waals surface area contributed by atoms with Crippen LogP contribution in [0.15, 0.2) is 24.3 Å². The first-order chi connectivity index (χ1) is 8.93. The van der Waals surface area contributed by atoms with Crippen molar-refractivity contribution in [2.75, 3.05) is 18.5 Å². The zero-order valence-corrected chi connectivity index (χ0v) is 11.5. The monoisotopic (exact) mass is 264 g/mol. The average molecular weight is 264 g/mol. The maximum atomic E-state index is 11.9. The van der Waals surface area contributed by atoms with Gasteiger partial charge in [-0.2, -0.15) is 0 Å². The number of carbonyl (C=O) groups is 2. The van der Waals surface area contributed by atoms with Gasteiger partial charge in [0.15, 0.2) is 0 Å². The molecule has 2 amide bonds. The van der Waals surface area contributed by atoms with Gasteiger partial charge >= 0.3 is 12.0 Å². The number of carbonyl (C=O) groups excluding carboxylic acids is 1. The molecular weight excluding hydrogens is 244 g/mol. The number of anilines is 1. The molecule has 0 heterocycles. The molecule has 1 aromatic rings. The number of para-hydroxylation sites is 1. The third-order valence-electron chi connectivity index (χ3n) is 2.80. The van der Waals surface area contributed by atoms with E-state index in [2.05, 4.69) is 19.2 Å². The minimum atomic E-state index is -1.04. The van der Waals surface area contributed by atoms with Crippen LogP contribution in [0.5, 0.6) is 0 Å². The van der Waals surface area contributed by atoms with Crippen LogP contribution in [0.4, 0.5) is 10.5 Å². The van der Waals surface area contributed by atoms with Gasteiger partial charge in [-0.15, -0.1) is 0 Å². The van der Waals surface area contributed by atoms with Crippen LogP contribution >= 0.6 is 0 Å². The van der Waals surface area contributed by atoms with Crippen molar-refractivity contribution in [2.24, 2.45) is 5.92 Å². The van der Waals surface area contributed by atoms with Crippen molar-refractivity contribution in [3.63, 3.8) is 0 Å². The lowest BCUT2D eigenvalue weighted by atomic mass is 10.1. The summed E-state index contributed by atoms with van der Waals surface area (Å²) in [6.45, 7) is 4.74. The Balaban J connectivity index is 2.74. The lowest BCUT2D eigenvalue weighted by Crippen LogP contribution is -2.38. The van der Waals surface area contributed by atoms with Gasteiger partial charge in [-0.25, -0.2) is 9.59 Å². The summed E-state index contributed by atoms with van der Waals surface area (Å²) in [6, 6.07) is 6.15. The minimum Gasteiger partial charge on any atom is -0.478 e. The SMILES string of the molecule is CC(C)CCNC(=O)N(C)c1ccccc1C(=O)O. The summed E-state index contributed by atoms with van der Waals surface area (Å²) in [4.78, 5) is 24.3. The first-order valence-electron chi connectivity index (χ1n) is 6.27. The number of hydrogen-bond donors (Lipinski definition) is 2. The molecule has 0 unspecified atom stereocenters. The highest BCUT2D eigenvalue weighted by Gasteiger charge is 2.17. The van der Waals surface area contributed by atoms with E-state index in [1.165, 1.54) is 11.0 Å². The zero-order valence-electron chi connectivity index (χ0n) is 11.5. The molecular formula is C14H20N2O3. The first-order valence-corrected chi connectivity index (χ1v) is 6.27. The Bertz CT molecular complexity index is 458. The third kappa shape index (κ3) is 4.28. The van der Waals surface area contributed by atoms with Crippen molar-refractivity contribution in [1.29, 1.82) is 0 Å². The molecule has 0 spiro atoms. The molecule has 0 aliphatic rings. The molecule has 104 valence electrons. The smallest absolute Gasteiger partial charge is 0.337 e. The molecule has 1 rings (SSSR count). The molecule has 2 N–H and O–H groups in total. The molecule has 0 saturated heterocycles. The predicted octanol–water partition coefficient (Wildman–Crippen LogP) is 2.58. The number of aromatic carboxylic acids is 1. The molecule has 0 atom stereocenters. The highest BCUT2D eigenvalue weighted by molar-refractivity contribution is 6.01. The molecule has 0 aromatic heterocycles. The second kappa shape index (κ2) is 6.78. The Morgan fingerprint density at radius 2 is 1.95 bits per heavy atom. The van der Waals surface area contributed by atoms with Crippen LogP contribution in [-0.2, 0) is 0 Å². The lowest BCUT2D eigenvalue weighted by molar-refractivity contribution is 0.0697. The molecule has 0 fully saturated rings. The molecule has 0 radical (unpaired) electrons. The largest absolute Gasteiger partial charge is 0.478 e. The van der Waals surface area contributed by atoms with Crippen molar-refractivity contribution in [3.8, 4) is 0 Å². The first kappa shape index (κ1) is 15.0. The highest BCUT2D eigenvalue weighted by Crippen LogP contribution is 2.19. The second-order valence-electron chi connectivity index (χ2n) is 4.80. The fourth-order valence-electron chi connectivity index (χ4n) is 1.64. The summed E-state index contributed by atoms with van der Waals surface area (Å²) in [6.07, 6.45) is 0.889. The number of urea groups is 1. The Morgan fingerprint density at radius 3 is 2.53 bits per heavy atom. The van der Waals surface area contributed by atoms with E-state index in [4.69, 9.17) is 5.11 Å². The van der Waals surface area contributed by atoms with Crippen molar-refractivity contribution in [3.05, 3.63) is 29.8 Å². The number of hydrogen-bond acceptors (Lipinski definition) is 2. The van der Waals surface area contributed by atoms with Crippen LogP contribution in [0.3, 0.4) is 0 Å². The molecule has 0 bridgehead atoms. The predicted molar refractivity (Wildman–Crippen MR) is 74.7 cm³/mol. The fraction of sp³-hybridized carbons (Fsp3) is 0.429. The van der Waals surface area contributed by atoms with Gasteiger partial charge in [-0.1, -0.05) is 26.0 Å². The molecule has 19 heavy (non-hydrogen) atoms. The number of rotatable bonds is 5. The summed E-state index contributed by atoms with van der Waals surface area (Å²) >= 11 is 0. The van der Waals surface area contributed by atoms with Crippen molar-refractivity contribution >= 4 is 17.7 Å². The lowest BCUT2D eigenvalue weighted by Gasteiger charge is -2.20. The quantitative estimate of drug-likeness (QED) is 0.858. The average Bonchev–Trinajstić information content (AvgIpc) is 2.37. The Hall–Kier alpha value is -2.04. The van der Waals surface area contributed by atoms with Gasteiger partial charge in [0.25, 0.3) is 0 Å². The normalized spacial score (nSPS) is 10.3. The highest BCUT2D eigenvalue weighted by atomic mass is 16.4. The molecule has 0 aliphatic heterocycles. The zero-order chi connectivity index (χ0) is 14.4. The number of amides is 2. The van der Waals surface area contributed by atoms with Crippen molar-refractivity contribution in [1.82, 2.24) is 5.32 Å². The van der Waals surface area contributed by atoms with Gasteiger partial charge in [0, 0.05) is 13.6 Å². The molecule has 0 saturated carbocycles. The maximum absolute atomic E-state index is 11.9. The van der Waals surface area contributed by atoms with Gasteiger partial charge in [-0.3, -0.25) is 4.90 Å². The van der Waals surface area contributed by atoms with E-state index in [1.54, 1.807) is 25.2 Å². The number of carboxylic acid groups (broad SMARTS) is 1. The van der Waals surface area contributed by atoms with E-state index in [1.807, 2.05) is 0 Å². The van der Waals surface area contributed by atoms with E-state index < -0.39 is 5.97 Å². The van der Waals surface area contributed by atoms with Gasteiger partial charge in [0.2, 0.25) is 0 Å². The van der Waals surface area contributed by atoms with E-state index in [0.717, 1.165) is 6.42 Å². The van der Waals surface area contributed by atoms with Gasteiger partial charge < -0.3 is 10.4 Å². The topological polar surface area (TPSA) is 69.6 Å². The Morgan fingerprint density at radius 1 is 1.32 bits per heavy atom. The van der Waals surface area contributed by atoms with Crippen molar-refractivity contribution < 1.29 is 14.7 Å². The number of nitrogens with one attached hydrogen (secondary N) is 1. The summed E-state index contributed by atoms with van der Waals surface area (Å²) in [5.41, 5.74) is 0.501. The van der Waals surface area contributed by atoms with E-state index in [0.29, 0.717) is 18.2 Å². The summed E-state index contributed by atoms with van der Waals surface area (Å²) in [5, 5.41) is 11.9. The Kier molecular flexibility index (Phi) is 5.36. The Labute approximate surface area is 113 Å². The number of nitrogens with zero attached hydrogens (tertiary/aromatic N) is 1. The van der Waals surface area contributed by atoms with E-state index in [-0.39, 0.29) is 11.6 Å². The molecule has 1 aromatic carbocycles. The van der Waals surface area contributed by atoms with Crippen LogP contribution in [0, 0.1) is 5.92 Å². The number of carboxylic acids is 1. The van der Waals surface area contributed by atoms with Gasteiger partial charge in [0.05, 0.1) is 11.3 Å². The van der Waals surface area contributed by atoms with Crippen LogP contribution in [-0.4, -0.2) is 30.7 Å².